The minimum atomic E-state index is -0.309. The largest absolute Gasteiger partial charge is 0.378 e. The smallest absolute Gasteiger partial charge is 0.287 e. The molecule has 0 aliphatic carbocycles. The molecule has 0 saturated carbocycles. The van der Waals surface area contributed by atoms with Gasteiger partial charge in [-0.1, -0.05) is 23.7 Å². The maximum atomic E-state index is 12.0. The first-order valence-corrected chi connectivity index (χ1v) is 6.91. The summed E-state index contributed by atoms with van der Waals surface area (Å²) in [4.78, 5) is 12.0. The lowest BCUT2D eigenvalue weighted by atomic mass is 10.1. The van der Waals surface area contributed by atoms with Gasteiger partial charge in [0.1, 0.15) is 5.02 Å². The zero-order chi connectivity index (χ0) is 15.4. The minimum absolute atomic E-state index is 0.0393. The van der Waals surface area contributed by atoms with Gasteiger partial charge >= 0.3 is 0 Å². The lowest BCUT2D eigenvalue weighted by Crippen LogP contribution is -2.25. The number of nitrogens with one attached hydrogen (secondary N) is 1. The number of rotatable bonds is 4. The van der Waals surface area contributed by atoms with Crippen LogP contribution in [0.15, 0.2) is 35.3 Å². The van der Waals surface area contributed by atoms with Gasteiger partial charge in [-0.2, -0.15) is 10.4 Å². The first kappa shape index (κ1) is 15.1. The van der Waals surface area contributed by atoms with E-state index < -0.39 is 0 Å². The molecule has 0 fully saturated rings. The van der Waals surface area contributed by atoms with Crippen LogP contribution in [0.2, 0.25) is 5.02 Å². The Kier molecular flexibility index (Phi) is 4.61. The Hall–Kier alpha value is -2.32. The van der Waals surface area contributed by atoms with Crippen LogP contribution in [0.4, 0.5) is 5.69 Å². The van der Waals surface area contributed by atoms with Crippen molar-refractivity contribution in [3.63, 3.8) is 0 Å². The van der Waals surface area contributed by atoms with Crippen LogP contribution in [0.25, 0.3) is 0 Å². The monoisotopic (exact) mass is 302 g/mol. The fourth-order valence-electron chi connectivity index (χ4n) is 1.83. The fraction of sp³-hybridized carbons (Fsp3) is 0.267. The molecular weight excluding hydrogens is 288 g/mol. The summed E-state index contributed by atoms with van der Waals surface area (Å²) in [7, 11) is 0. The van der Waals surface area contributed by atoms with Crippen molar-refractivity contribution in [2.24, 2.45) is 0 Å². The first-order valence-electron chi connectivity index (χ1n) is 6.53. The molecule has 1 aromatic carbocycles. The van der Waals surface area contributed by atoms with E-state index in [4.69, 9.17) is 16.9 Å². The summed E-state index contributed by atoms with van der Waals surface area (Å²) >= 11 is 6.08. The number of nitrogens with zero attached hydrogens (tertiary/aromatic N) is 3. The molecule has 2 rings (SSSR count). The average Bonchev–Trinajstić information content (AvgIpc) is 2.49. The van der Waals surface area contributed by atoms with Gasteiger partial charge in [0, 0.05) is 6.54 Å². The highest BCUT2D eigenvalue weighted by atomic mass is 35.5. The topological polar surface area (TPSA) is 70.7 Å². The molecule has 0 atom stereocenters. The van der Waals surface area contributed by atoms with E-state index in [2.05, 4.69) is 16.5 Å². The van der Waals surface area contributed by atoms with Crippen LogP contribution in [-0.2, 0) is 6.54 Å². The summed E-state index contributed by atoms with van der Waals surface area (Å²) in [6.07, 6.45) is 1.55. The maximum Gasteiger partial charge on any atom is 0.287 e. The highest BCUT2D eigenvalue weighted by Gasteiger charge is 2.10. The summed E-state index contributed by atoms with van der Waals surface area (Å²) in [5.41, 5.74) is 1.79. The van der Waals surface area contributed by atoms with E-state index in [1.165, 1.54) is 4.68 Å². The van der Waals surface area contributed by atoms with Gasteiger partial charge in [0.05, 0.1) is 29.6 Å². The molecule has 5 nitrogen and oxygen atoms in total. The second-order valence-electron chi connectivity index (χ2n) is 4.88. The van der Waals surface area contributed by atoms with Crippen LogP contribution >= 0.6 is 11.6 Å². The fourth-order valence-corrected chi connectivity index (χ4v) is 2.03. The second kappa shape index (κ2) is 6.42. The third-order valence-electron chi connectivity index (χ3n) is 3.00. The van der Waals surface area contributed by atoms with Crippen molar-refractivity contribution in [1.29, 1.82) is 5.26 Å². The van der Waals surface area contributed by atoms with Crippen LogP contribution in [0.5, 0.6) is 0 Å². The predicted octanol–water partition coefficient (Wildman–Crippen LogP) is 2.96. The van der Waals surface area contributed by atoms with Crippen molar-refractivity contribution in [2.45, 2.75) is 26.4 Å². The van der Waals surface area contributed by atoms with E-state index in [9.17, 15) is 4.79 Å². The molecule has 0 radical (unpaired) electrons. The number of nitriles is 1. The van der Waals surface area contributed by atoms with Gasteiger partial charge in [-0.05, 0) is 31.5 Å². The van der Waals surface area contributed by atoms with Crippen molar-refractivity contribution in [3.05, 3.63) is 57.0 Å². The van der Waals surface area contributed by atoms with Crippen LogP contribution in [0.3, 0.4) is 0 Å². The molecule has 21 heavy (non-hydrogen) atoms. The summed E-state index contributed by atoms with van der Waals surface area (Å²) in [6, 6.07) is 9.21. The lowest BCUT2D eigenvalue weighted by Gasteiger charge is -2.12. The van der Waals surface area contributed by atoms with Crippen LogP contribution < -0.4 is 10.9 Å². The quantitative estimate of drug-likeness (QED) is 0.942. The number of hydrogen-bond donors (Lipinski definition) is 1. The second-order valence-corrected chi connectivity index (χ2v) is 5.26. The Morgan fingerprint density at radius 2 is 2.05 bits per heavy atom. The lowest BCUT2D eigenvalue weighted by molar-refractivity contribution is 0.503. The molecule has 108 valence electrons. The van der Waals surface area contributed by atoms with Gasteiger partial charge in [-0.3, -0.25) is 4.79 Å². The maximum absolute atomic E-state index is 12.0. The minimum Gasteiger partial charge on any atom is -0.378 e. The summed E-state index contributed by atoms with van der Waals surface area (Å²) in [5, 5.41) is 16.1. The zero-order valence-electron chi connectivity index (χ0n) is 11.8. The molecule has 2 aromatic rings. The summed E-state index contributed by atoms with van der Waals surface area (Å²) in [5.74, 6) is 0. The van der Waals surface area contributed by atoms with E-state index in [0.717, 1.165) is 5.56 Å². The Bertz CT molecular complexity index is 729. The number of hydrogen-bond acceptors (Lipinski definition) is 4. The zero-order valence-corrected chi connectivity index (χ0v) is 12.6. The third-order valence-corrected chi connectivity index (χ3v) is 3.36. The molecule has 6 heteroatoms. The molecule has 0 saturated heterocycles. The highest BCUT2D eigenvalue weighted by molar-refractivity contribution is 6.32. The van der Waals surface area contributed by atoms with Gasteiger partial charge < -0.3 is 5.32 Å². The molecular formula is C15H15ClN4O. The van der Waals surface area contributed by atoms with Gasteiger partial charge in [-0.15, -0.1) is 0 Å². The first-order chi connectivity index (χ1) is 10.0. The Morgan fingerprint density at radius 3 is 2.62 bits per heavy atom. The molecule has 0 spiro atoms. The molecule has 0 aliphatic rings. The molecule has 1 N–H and O–H groups in total. The van der Waals surface area contributed by atoms with E-state index in [-0.39, 0.29) is 16.6 Å². The predicted molar refractivity (Wildman–Crippen MR) is 82.4 cm³/mol. The Balaban J connectivity index is 2.15. The van der Waals surface area contributed by atoms with E-state index >= 15 is 0 Å². The number of halogens is 1. The van der Waals surface area contributed by atoms with Crippen molar-refractivity contribution < 1.29 is 0 Å². The molecule has 0 unspecified atom stereocenters. The van der Waals surface area contributed by atoms with Crippen molar-refractivity contribution in [3.8, 4) is 6.07 Å². The van der Waals surface area contributed by atoms with Gasteiger partial charge in [-0.25, -0.2) is 4.68 Å². The molecule has 1 aromatic heterocycles. The summed E-state index contributed by atoms with van der Waals surface area (Å²) < 4.78 is 1.34. The van der Waals surface area contributed by atoms with Crippen LogP contribution in [-0.4, -0.2) is 9.78 Å². The molecule has 1 heterocycles. The average molecular weight is 303 g/mol. The van der Waals surface area contributed by atoms with Crippen molar-refractivity contribution >= 4 is 17.3 Å². The normalized spacial score (nSPS) is 10.4. The number of anilines is 1. The van der Waals surface area contributed by atoms with E-state index in [1.807, 2.05) is 26.0 Å². The number of aromatic nitrogens is 2. The standard InChI is InChI=1S/C15H15ClN4O/c1-10(2)20-15(21)14(16)13(9-19-20)18-8-12-5-3-11(7-17)4-6-12/h3-6,9-10,18H,8H2,1-2H3. The Labute approximate surface area is 127 Å². The summed E-state index contributed by atoms with van der Waals surface area (Å²) in [6.45, 7) is 4.24. The SMILES string of the molecule is CC(C)n1ncc(NCc2ccc(C#N)cc2)c(Cl)c1=O. The van der Waals surface area contributed by atoms with E-state index in [1.54, 1.807) is 18.3 Å². The van der Waals surface area contributed by atoms with Crippen molar-refractivity contribution in [2.75, 3.05) is 5.32 Å². The van der Waals surface area contributed by atoms with Gasteiger partial charge in [0.2, 0.25) is 0 Å². The van der Waals surface area contributed by atoms with Gasteiger partial charge in [0.25, 0.3) is 5.56 Å². The van der Waals surface area contributed by atoms with E-state index in [0.29, 0.717) is 17.8 Å². The molecule has 0 amide bonds. The molecule has 0 aliphatic heterocycles. The highest BCUT2D eigenvalue weighted by Crippen LogP contribution is 2.17. The van der Waals surface area contributed by atoms with Crippen LogP contribution in [0.1, 0.15) is 31.0 Å². The van der Waals surface area contributed by atoms with Crippen LogP contribution in [0, 0.1) is 11.3 Å². The number of benzene rings is 1. The van der Waals surface area contributed by atoms with Gasteiger partial charge in [0.15, 0.2) is 0 Å². The molecule has 0 bridgehead atoms. The Morgan fingerprint density at radius 1 is 1.38 bits per heavy atom. The van der Waals surface area contributed by atoms with Crippen molar-refractivity contribution in [1.82, 2.24) is 9.78 Å². The third kappa shape index (κ3) is 3.41.